The number of nitrogens with zero attached hydrogens (tertiary/aromatic N) is 5. The monoisotopic (exact) mass is 1130 g/mol. The van der Waals surface area contributed by atoms with Crippen LogP contribution >= 0.6 is 46.0 Å². The molecule has 0 aliphatic heterocycles. The molecule has 0 atom stereocenters. The van der Waals surface area contributed by atoms with Gasteiger partial charge in [-0.05, 0) is 163 Å². The van der Waals surface area contributed by atoms with Crippen molar-refractivity contribution in [1.29, 1.82) is 0 Å². The van der Waals surface area contributed by atoms with E-state index >= 15 is 0 Å². The molecule has 0 amide bonds. The summed E-state index contributed by atoms with van der Waals surface area (Å²) in [5.41, 5.74) is 5.72. The lowest BCUT2D eigenvalue weighted by atomic mass is 10.2. The lowest BCUT2D eigenvalue weighted by molar-refractivity contribution is 0.559. The molecule has 15 nitrogen and oxygen atoms in total. The summed E-state index contributed by atoms with van der Waals surface area (Å²) in [5.74, 6) is 0. The van der Waals surface area contributed by atoms with Crippen molar-refractivity contribution < 1.29 is 16.8 Å². The Morgan fingerprint density at radius 3 is 1.29 bits per heavy atom. The molecule has 4 aromatic heterocycles. The first-order chi connectivity index (χ1) is 31.3. The molecule has 0 saturated carbocycles. The number of hydrogen-bond acceptors (Lipinski definition) is 13. The van der Waals surface area contributed by atoms with Crippen molar-refractivity contribution in [3.63, 3.8) is 0 Å². The van der Waals surface area contributed by atoms with Gasteiger partial charge in [0.05, 0.1) is 76.5 Å². The van der Waals surface area contributed by atoms with Gasteiger partial charge in [0.1, 0.15) is 11.5 Å². The van der Waals surface area contributed by atoms with E-state index in [1.165, 1.54) is 31.4 Å². The number of H-pyrrole nitrogens is 3. The second-order valence-electron chi connectivity index (χ2n) is 18.8. The zero-order valence-electron chi connectivity index (χ0n) is 40.0. The number of sulfone groups is 2. The SMILES string of the molecule is C.Cc1cc2nc[nH]c(=O)c2cc1I.Cc1cc2nc[nH]c(=O)c2cc1S(=O)(=O)C(C)(C)C.Cc1cc2nc[nH]c(=O)c2cc1SC(C)(C)C.Cc1cc2ncnc(Cl)c2cc1S(=O)(=O)C(C)(C)C. The van der Waals surface area contributed by atoms with Gasteiger partial charge in [-0.3, -0.25) is 14.4 Å². The van der Waals surface area contributed by atoms with E-state index in [-0.39, 0.29) is 49.2 Å². The summed E-state index contributed by atoms with van der Waals surface area (Å²) in [7, 11) is -6.93. The number of aryl methyl sites for hydroxylation is 4. The van der Waals surface area contributed by atoms with E-state index in [9.17, 15) is 31.2 Å². The van der Waals surface area contributed by atoms with Gasteiger partial charge < -0.3 is 15.0 Å². The van der Waals surface area contributed by atoms with Crippen LogP contribution in [0.3, 0.4) is 0 Å². The molecule has 8 rings (SSSR count). The Labute approximate surface area is 425 Å². The topological polar surface area (TPSA) is 231 Å². The fourth-order valence-electron chi connectivity index (χ4n) is 6.43. The highest BCUT2D eigenvalue weighted by Gasteiger charge is 2.33. The molecule has 8 aromatic rings. The van der Waals surface area contributed by atoms with Crippen molar-refractivity contribution in [1.82, 2.24) is 39.9 Å². The molecule has 4 aromatic carbocycles. The minimum Gasteiger partial charge on any atom is -0.313 e. The highest BCUT2D eigenvalue weighted by Crippen LogP contribution is 2.36. The predicted molar refractivity (Wildman–Crippen MR) is 290 cm³/mol. The first kappa shape index (κ1) is 56.5. The molecule has 4 heterocycles. The van der Waals surface area contributed by atoms with E-state index in [0.29, 0.717) is 38.3 Å². The van der Waals surface area contributed by atoms with Gasteiger partial charge in [0, 0.05) is 18.6 Å². The molecule has 368 valence electrons. The third kappa shape index (κ3) is 13.0. The highest BCUT2D eigenvalue weighted by molar-refractivity contribution is 14.1. The van der Waals surface area contributed by atoms with E-state index in [0.717, 1.165) is 30.6 Å². The molecule has 0 unspecified atom stereocenters. The van der Waals surface area contributed by atoms with E-state index in [1.807, 2.05) is 31.2 Å². The molecule has 0 saturated heterocycles. The smallest absolute Gasteiger partial charge is 0.258 e. The van der Waals surface area contributed by atoms with Gasteiger partial charge in [0.2, 0.25) is 0 Å². The zero-order chi connectivity index (χ0) is 50.9. The van der Waals surface area contributed by atoms with Crippen molar-refractivity contribution >= 4 is 109 Å². The van der Waals surface area contributed by atoms with Gasteiger partial charge in [-0.25, -0.2) is 41.8 Å². The van der Waals surface area contributed by atoms with E-state index < -0.39 is 29.2 Å². The van der Waals surface area contributed by atoms with Gasteiger partial charge >= 0.3 is 0 Å². The first-order valence-electron chi connectivity index (χ1n) is 21.0. The number of fused-ring (bicyclic) bond motifs is 4. The highest BCUT2D eigenvalue weighted by atomic mass is 127. The largest absolute Gasteiger partial charge is 0.313 e. The standard InChI is InChI=1S/C13H15ClN2O2S.C13H16N2O3S.C13H16N2OS.C9H7IN2O.CH4/c1-8-5-10-9(12(14)16-7-15-10)6-11(8)19(17,18)13(2,3)4;1-8-5-10-9(12(16)15-7-14-10)6-11(8)19(17,18)13(2,3)4;1-8-5-10-9(12(16)15-7-14-10)6-11(8)17-13(2,3)4;1-5-2-8-6(3-7(5)10)9(13)12-4-11-8;/h5-7H,1-4H3;5-7H,1-4H3,(H,14,15,16);5-7H,1-4H3,(H,14,15,16);2-4H,1H3,(H,11,12,13);1H4. The lowest BCUT2D eigenvalue weighted by Crippen LogP contribution is -2.28. The maximum absolute atomic E-state index is 12.5. The molecular formula is C49H58ClIN8O7S3. The average molecular weight is 1130 g/mol. The Morgan fingerprint density at radius 2 is 0.870 bits per heavy atom. The molecule has 69 heavy (non-hydrogen) atoms. The van der Waals surface area contributed by atoms with E-state index in [4.69, 9.17) is 11.6 Å². The normalized spacial score (nSPS) is 12.0. The van der Waals surface area contributed by atoms with Crippen LogP contribution in [0.15, 0.2) is 103 Å². The molecule has 0 aliphatic rings. The van der Waals surface area contributed by atoms with Crippen LogP contribution in [0.2, 0.25) is 5.15 Å². The number of nitrogens with one attached hydrogen (secondary N) is 3. The summed E-state index contributed by atoms with van der Waals surface area (Å²) >= 11 is 9.98. The maximum atomic E-state index is 12.5. The molecular weight excluding hydrogens is 1070 g/mol. The van der Waals surface area contributed by atoms with Gasteiger partial charge in [0.25, 0.3) is 16.7 Å². The Bertz CT molecular complexity index is 3640. The summed E-state index contributed by atoms with van der Waals surface area (Å²) in [4.78, 5) is 64.3. The van der Waals surface area contributed by atoms with Gasteiger partial charge in [0.15, 0.2) is 19.7 Å². The number of rotatable bonds is 3. The third-order valence-electron chi connectivity index (χ3n) is 10.3. The Kier molecular flexibility index (Phi) is 17.6. The maximum Gasteiger partial charge on any atom is 0.258 e. The minimum absolute atomic E-state index is 0. The van der Waals surface area contributed by atoms with Crippen molar-refractivity contribution in [3.05, 3.63) is 136 Å². The van der Waals surface area contributed by atoms with Crippen molar-refractivity contribution in [3.8, 4) is 0 Å². The van der Waals surface area contributed by atoms with Crippen LogP contribution in [0.1, 0.15) is 92.0 Å². The zero-order valence-corrected chi connectivity index (χ0v) is 45.4. The summed E-state index contributed by atoms with van der Waals surface area (Å²) in [6.07, 6.45) is 5.54. The van der Waals surface area contributed by atoms with Gasteiger partial charge in [-0.2, -0.15) is 0 Å². The minimum atomic E-state index is -3.50. The van der Waals surface area contributed by atoms with Crippen molar-refractivity contribution in [2.45, 2.75) is 126 Å². The average Bonchev–Trinajstić information content (AvgIpc) is 3.21. The molecule has 0 spiro atoms. The van der Waals surface area contributed by atoms with E-state index in [2.05, 4.69) is 90.2 Å². The molecule has 3 N–H and O–H groups in total. The summed E-state index contributed by atoms with van der Waals surface area (Å²) in [5, 5.41) is 2.41. The second kappa shape index (κ2) is 21.5. The number of benzene rings is 4. The van der Waals surface area contributed by atoms with Gasteiger partial charge in [-0.15, -0.1) is 11.8 Å². The van der Waals surface area contributed by atoms with Crippen LogP contribution in [0.4, 0.5) is 0 Å². The van der Waals surface area contributed by atoms with Crippen LogP contribution in [0.5, 0.6) is 0 Å². The number of thioether (sulfide) groups is 1. The lowest BCUT2D eigenvalue weighted by Gasteiger charge is -2.21. The fourth-order valence-corrected chi connectivity index (χ4v) is 11.0. The quantitative estimate of drug-likeness (QED) is 0.0850. The predicted octanol–water partition coefficient (Wildman–Crippen LogP) is 10.6. The molecule has 0 bridgehead atoms. The second-order valence-corrected chi connectivity index (χ2v) is 27.6. The molecule has 0 aliphatic carbocycles. The van der Waals surface area contributed by atoms with E-state index in [1.54, 1.807) is 85.4 Å². The first-order valence-corrected chi connectivity index (χ1v) is 26.3. The van der Waals surface area contributed by atoms with Crippen LogP contribution in [-0.4, -0.2) is 70.9 Å². The molecule has 20 heteroatoms. The molecule has 0 radical (unpaired) electrons. The fraction of sp³-hybridized carbons (Fsp3) is 0.347. The Balaban J connectivity index is 0.000000201. The van der Waals surface area contributed by atoms with Crippen LogP contribution in [0, 0.1) is 31.3 Å². The van der Waals surface area contributed by atoms with Crippen molar-refractivity contribution in [2.24, 2.45) is 0 Å². The third-order valence-corrected chi connectivity index (χ3v) is 18.3. The Morgan fingerprint density at radius 1 is 0.507 bits per heavy atom. The summed E-state index contributed by atoms with van der Waals surface area (Å²) in [6, 6.07) is 14.0. The number of halogens is 2. The number of aromatic amines is 3. The Hall–Kier alpha value is -5.09. The van der Waals surface area contributed by atoms with Crippen LogP contribution in [0.25, 0.3) is 43.6 Å². The molecule has 0 fully saturated rings. The van der Waals surface area contributed by atoms with Crippen molar-refractivity contribution in [2.75, 3.05) is 0 Å². The summed E-state index contributed by atoms with van der Waals surface area (Å²) in [6.45, 7) is 23.9. The number of aromatic nitrogens is 8. The van der Waals surface area contributed by atoms with Crippen LogP contribution in [-0.2, 0) is 19.7 Å². The van der Waals surface area contributed by atoms with Crippen LogP contribution < -0.4 is 16.7 Å². The summed E-state index contributed by atoms with van der Waals surface area (Å²) < 4.78 is 49.5. The van der Waals surface area contributed by atoms with Gasteiger partial charge in [-0.1, -0.05) is 39.8 Å². The number of hydrogen-bond donors (Lipinski definition) is 3.